The quantitative estimate of drug-likeness (QED) is 0.776. The Morgan fingerprint density at radius 1 is 1.13 bits per heavy atom. The number of carbonyl (C=O) groups is 2. The van der Waals surface area contributed by atoms with Gasteiger partial charge in [0.05, 0.1) is 17.2 Å². The maximum absolute atomic E-state index is 13.1. The Labute approximate surface area is 184 Å². The van der Waals surface area contributed by atoms with E-state index in [0.717, 1.165) is 43.8 Å². The van der Waals surface area contributed by atoms with Crippen LogP contribution in [0.3, 0.4) is 0 Å². The van der Waals surface area contributed by atoms with Crippen molar-refractivity contribution < 1.29 is 14.3 Å². The summed E-state index contributed by atoms with van der Waals surface area (Å²) >= 11 is 0. The van der Waals surface area contributed by atoms with Gasteiger partial charge in [0.15, 0.2) is 0 Å². The molecule has 2 aromatic rings. The van der Waals surface area contributed by atoms with Gasteiger partial charge in [0.1, 0.15) is 5.75 Å². The number of hydrogen-bond donors (Lipinski definition) is 1. The molecule has 0 saturated carbocycles. The van der Waals surface area contributed by atoms with E-state index in [1.807, 2.05) is 43.0 Å². The van der Waals surface area contributed by atoms with Gasteiger partial charge >= 0.3 is 0 Å². The van der Waals surface area contributed by atoms with Crippen LogP contribution in [0.1, 0.15) is 58.5 Å². The fourth-order valence-electron chi connectivity index (χ4n) is 4.60. The zero-order chi connectivity index (χ0) is 22.0. The van der Waals surface area contributed by atoms with Gasteiger partial charge in [-0.1, -0.05) is 24.3 Å². The molecule has 0 aliphatic carbocycles. The Kier molecular flexibility index (Phi) is 6.28. The number of piperidine rings is 1. The molecule has 0 radical (unpaired) electrons. The lowest BCUT2D eigenvalue weighted by molar-refractivity contribution is 0.0588. The van der Waals surface area contributed by atoms with Crippen LogP contribution in [-0.2, 0) is 13.1 Å². The maximum Gasteiger partial charge on any atom is 0.255 e. The summed E-state index contributed by atoms with van der Waals surface area (Å²) in [6, 6.07) is 14.1. The molecule has 2 aliphatic heterocycles. The minimum atomic E-state index is -0.202. The molecule has 0 bridgehead atoms. The molecule has 31 heavy (non-hydrogen) atoms. The van der Waals surface area contributed by atoms with Crippen LogP contribution >= 0.6 is 0 Å². The van der Waals surface area contributed by atoms with Crippen molar-refractivity contribution in [1.29, 1.82) is 0 Å². The van der Waals surface area contributed by atoms with Crippen molar-refractivity contribution >= 4 is 11.8 Å². The van der Waals surface area contributed by atoms with E-state index in [9.17, 15) is 9.59 Å². The second-order valence-corrected chi connectivity index (χ2v) is 8.67. The van der Waals surface area contributed by atoms with Crippen molar-refractivity contribution in [2.24, 2.45) is 0 Å². The Hall–Kier alpha value is -2.86. The molecule has 6 heteroatoms. The first-order chi connectivity index (χ1) is 15.0. The zero-order valence-electron chi connectivity index (χ0n) is 18.6. The minimum absolute atomic E-state index is 0.00612. The SMILES string of the molecule is CNC(=O)c1cccc2c1C(=O)N(C1CCN(Cc3ccc(OC(C)C)cc3)CC1)C2. The van der Waals surface area contributed by atoms with Crippen LogP contribution in [-0.4, -0.2) is 53.9 Å². The third-order valence-electron chi connectivity index (χ3n) is 6.14. The highest BCUT2D eigenvalue weighted by molar-refractivity contribution is 6.09. The van der Waals surface area contributed by atoms with Crippen molar-refractivity contribution in [3.8, 4) is 5.75 Å². The first-order valence-electron chi connectivity index (χ1n) is 11.1. The Bertz CT molecular complexity index is 947. The lowest BCUT2D eigenvalue weighted by atomic mass is 10.0. The van der Waals surface area contributed by atoms with Crippen molar-refractivity contribution in [2.75, 3.05) is 20.1 Å². The van der Waals surface area contributed by atoms with Gasteiger partial charge in [-0.3, -0.25) is 14.5 Å². The molecule has 2 amide bonds. The number of nitrogens with one attached hydrogen (secondary N) is 1. The third-order valence-corrected chi connectivity index (χ3v) is 6.14. The van der Waals surface area contributed by atoms with E-state index in [2.05, 4.69) is 22.3 Å². The standard InChI is InChI=1S/C25H31N3O3/c1-17(2)31-21-9-7-18(8-10-21)15-27-13-11-20(12-14-27)28-16-19-5-4-6-22(24(29)26-3)23(19)25(28)30/h4-10,17,20H,11-16H2,1-3H3,(H,26,29). The van der Waals surface area contributed by atoms with Gasteiger partial charge in [-0.2, -0.15) is 0 Å². The molecule has 1 saturated heterocycles. The number of carbonyl (C=O) groups excluding carboxylic acids is 2. The van der Waals surface area contributed by atoms with Crippen LogP contribution in [0, 0.1) is 0 Å². The Morgan fingerprint density at radius 3 is 2.48 bits per heavy atom. The highest BCUT2D eigenvalue weighted by atomic mass is 16.5. The predicted octanol–water partition coefficient (Wildman–Crippen LogP) is 3.45. The second kappa shape index (κ2) is 9.10. The highest BCUT2D eigenvalue weighted by Gasteiger charge is 2.36. The van der Waals surface area contributed by atoms with Crippen LogP contribution in [0.25, 0.3) is 0 Å². The Balaban J connectivity index is 1.35. The number of likely N-dealkylation sites (tertiary alicyclic amines) is 1. The van der Waals surface area contributed by atoms with E-state index < -0.39 is 0 Å². The van der Waals surface area contributed by atoms with E-state index >= 15 is 0 Å². The zero-order valence-corrected chi connectivity index (χ0v) is 18.6. The molecule has 2 aliphatic rings. The van der Waals surface area contributed by atoms with Crippen molar-refractivity contribution in [3.63, 3.8) is 0 Å². The molecule has 6 nitrogen and oxygen atoms in total. The van der Waals surface area contributed by atoms with Gasteiger partial charge in [0.2, 0.25) is 0 Å². The van der Waals surface area contributed by atoms with E-state index in [1.54, 1.807) is 13.1 Å². The number of fused-ring (bicyclic) bond motifs is 1. The largest absolute Gasteiger partial charge is 0.491 e. The molecule has 2 aromatic carbocycles. The van der Waals surface area contributed by atoms with Gasteiger partial charge in [-0.05, 0) is 56.0 Å². The fourth-order valence-corrected chi connectivity index (χ4v) is 4.60. The summed E-state index contributed by atoms with van der Waals surface area (Å²) in [5, 5.41) is 2.64. The summed E-state index contributed by atoms with van der Waals surface area (Å²) in [6.07, 6.45) is 2.07. The van der Waals surface area contributed by atoms with Crippen molar-refractivity contribution in [1.82, 2.24) is 15.1 Å². The van der Waals surface area contributed by atoms with E-state index in [4.69, 9.17) is 4.74 Å². The van der Waals surface area contributed by atoms with E-state index in [-0.39, 0.29) is 24.0 Å². The van der Waals surface area contributed by atoms with Gasteiger partial charge in [0.25, 0.3) is 11.8 Å². The van der Waals surface area contributed by atoms with Gasteiger partial charge in [-0.15, -0.1) is 0 Å². The lowest BCUT2D eigenvalue weighted by Crippen LogP contribution is -2.44. The molecule has 0 atom stereocenters. The van der Waals surface area contributed by atoms with Gasteiger partial charge < -0.3 is 15.0 Å². The number of benzene rings is 2. The van der Waals surface area contributed by atoms with Crippen molar-refractivity contribution in [2.45, 2.75) is 51.9 Å². The Morgan fingerprint density at radius 2 is 1.84 bits per heavy atom. The van der Waals surface area contributed by atoms with Crippen LogP contribution in [0.5, 0.6) is 5.75 Å². The molecule has 2 heterocycles. The van der Waals surface area contributed by atoms with Gasteiger partial charge in [0, 0.05) is 39.3 Å². The summed E-state index contributed by atoms with van der Waals surface area (Å²) in [6.45, 7) is 7.47. The molecular weight excluding hydrogens is 390 g/mol. The summed E-state index contributed by atoms with van der Waals surface area (Å²) < 4.78 is 5.72. The topological polar surface area (TPSA) is 61.9 Å². The highest BCUT2D eigenvalue weighted by Crippen LogP contribution is 2.31. The van der Waals surface area contributed by atoms with E-state index in [1.165, 1.54) is 5.56 Å². The average Bonchev–Trinajstić information content (AvgIpc) is 3.11. The van der Waals surface area contributed by atoms with Crippen LogP contribution < -0.4 is 10.1 Å². The summed E-state index contributed by atoms with van der Waals surface area (Å²) in [5.74, 6) is 0.695. The van der Waals surface area contributed by atoms with E-state index in [0.29, 0.717) is 17.7 Å². The number of nitrogens with zero attached hydrogens (tertiary/aromatic N) is 2. The molecule has 0 spiro atoms. The second-order valence-electron chi connectivity index (χ2n) is 8.67. The maximum atomic E-state index is 13.1. The molecule has 4 rings (SSSR count). The number of amides is 2. The number of rotatable bonds is 6. The molecule has 1 N–H and O–H groups in total. The third kappa shape index (κ3) is 4.59. The average molecular weight is 422 g/mol. The number of ether oxygens (including phenoxy) is 1. The summed E-state index contributed by atoms with van der Waals surface area (Å²) in [5.41, 5.74) is 3.29. The molecular formula is C25H31N3O3. The minimum Gasteiger partial charge on any atom is -0.491 e. The van der Waals surface area contributed by atoms with Crippen LogP contribution in [0.15, 0.2) is 42.5 Å². The first kappa shape index (κ1) is 21.4. The van der Waals surface area contributed by atoms with Gasteiger partial charge in [-0.25, -0.2) is 0 Å². The fraction of sp³-hybridized carbons (Fsp3) is 0.440. The summed E-state index contributed by atoms with van der Waals surface area (Å²) in [4.78, 5) is 29.7. The molecule has 0 aromatic heterocycles. The summed E-state index contributed by atoms with van der Waals surface area (Å²) in [7, 11) is 1.60. The predicted molar refractivity (Wildman–Crippen MR) is 120 cm³/mol. The molecule has 1 fully saturated rings. The first-order valence-corrected chi connectivity index (χ1v) is 11.1. The molecule has 0 unspecified atom stereocenters. The lowest BCUT2D eigenvalue weighted by Gasteiger charge is -2.36. The van der Waals surface area contributed by atoms with Crippen LogP contribution in [0.4, 0.5) is 0 Å². The molecule has 164 valence electrons. The van der Waals surface area contributed by atoms with Crippen molar-refractivity contribution in [3.05, 3.63) is 64.7 Å². The van der Waals surface area contributed by atoms with Crippen LogP contribution in [0.2, 0.25) is 0 Å². The normalized spacial score (nSPS) is 17.2. The monoisotopic (exact) mass is 421 g/mol. The number of hydrogen-bond acceptors (Lipinski definition) is 4. The smallest absolute Gasteiger partial charge is 0.255 e.